The van der Waals surface area contributed by atoms with Crippen molar-refractivity contribution in [2.45, 2.75) is 78.7 Å². The second-order valence-corrected chi connectivity index (χ2v) is 11.6. The Labute approximate surface area is 245 Å². The Morgan fingerprint density at radius 1 is 0.923 bits per heavy atom. The van der Waals surface area contributed by atoms with E-state index in [1.54, 1.807) is 4.90 Å². The zero-order chi connectivity index (χ0) is 27.3. The number of ether oxygens (including phenoxy) is 1. The number of aromatic nitrogens is 4. The lowest BCUT2D eigenvalue weighted by atomic mass is 9.83. The summed E-state index contributed by atoms with van der Waals surface area (Å²) in [4.78, 5) is 14.0. The molecule has 10 nitrogen and oxygen atoms in total. The highest BCUT2D eigenvalue weighted by molar-refractivity contribution is 5.85. The van der Waals surface area contributed by atoms with Crippen molar-refractivity contribution < 1.29 is 9.53 Å². The van der Waals surface area contributed by atoms with Crippen LogP contribution in [0.4, 0.5) is 16.4 Å². The Hall–Kier alpha value is -2.43. The molecule has 0 aliphatic carbocycles. The van der Waals surface area contributed by atoms with E-state index < -0.39 is 5.60 Å². The number of nitrogen functional groups attached to an aromatic ring is 2. The van der Waals surface area contributed by atoms with Crippen LogP contribution < -0.4 is 16.8 Å². The summed E-state index contributed by atoms with van der Waals surface area (Å²) in [6.45, 7) is 17.6. The van der Waals surface area contributed by atoms with Gasteiger partial charge in [-0.05, 0) is 95.6 Å². The van der Waals surface area contributed by atoms with Crippen LogP contribution in [0.25, 0.3) is 0 Å². The van der Waals surface area contributed by atoms with Crippen molar-refractivity contribution in [1.29, 1.82) is 0 Å². The van der Waals surface area contributed by atoms with Crippen molar-refractivity contribution in [3.8, 4) is 0 Å². The van der Waals surface area contributed by atoms with Crippen molar-refractivity contribution in [2.24, 2.45) is 11.8 Å². The molecule has 1 amide bonds. The molecule has 2 aromatic rings. The molecule has 5 N–H and O–H groups in total. The van der Waals surface area contributed by atoms with E-state index in [1.807, 2.05) is 39.8 Å². The van der Waals surface area contributed by atoms with Crippen molar-refractivity contribution in [3.05, 3.63) is 34.6 Å². The molecule has 220 valence electrons. The van der Waals surface area contributed by atoms with Gasteiger partial charge in [0.25, 0.3) is 0 Å². The summed E-state index contributed by atoms with van der Waals surface area (Å²) in [6, 6.07) is 3.77. The predicted octanol–water partition coefficient (Wildman–Crippen LogP) is 4.65. The Bertz CT molecular complexity index is 1080. The average molecular weight is 586 g/mol. The molecule has 0 radical (unpaired) electrons. The minimum Gasteiger partial charge on any atom is -0.444 e. The molecular formula is C27H46Cl2N8O2. The molecule has 0 unspecified atom stereocenters. The summed E-state index contributed by atoms with van der Waals surface area (Å²) in [6.07, 6.45) is 1.76. The number of hydrogen-bond donors (Lipinski definition) is 3. The van der Waals surface area contributed by atoms with Gasteiger partial charge in [0.15, 0.2) is 0 Å². The zero-order valence-electron chi connectivity index (χ0n) is 24.2. The quantitative estimate of drug-likeness (QED) is 0.458. The molecule has 0 aromatic carbocycles. The number of nitrogens with zero attached hydrogens (tertiary/aromatic N) is 5. The van der Waals surface area contributed by atoms with E-state index in [0.717, 1.165) is 42.9 Å². The lowest BCUT2D eigenvalue weighted by Gasteiger charge is -2.37. The Balaban J connectivity index is 0.000000394. The van der Waals surface area contributed by atoms with Gasteiger partial charge in [-0.25, -0.2) is 4.79 Å². The molecule has 2 fully saturated rings. The third kappa shape index (κ3) is 9.61. The van der Waals surface area contributed by atoms with Gasteiger partial charge >= 0.3 is 6.09 Å². The number of likely N-dealkylation sites (tertiary alicyclic amines) is 1. The first-order valence-corrected chi connectivity index (χ1v) is 13.2. The van der Waals surface area contributed by atoms with E-state index in [1.165, 1.54) is 5.56 Å². The molecule has 12 heteroatoms. The highest BCUT2D eigenvalue weighted by Crippen LogP contribution is 2.34. The van der Waals surface area contributed by atoms with Crippen LogP contribution in [0.3, 0.4) is 0 Å². The molecule has 2 aromatic heterocycles. The highest BCUT2D eigenvalue weighted by atomic mass is 35.5. The highest BCUT2D eigenvalue weighted by Gasteiger charge is 2.33. The van der Waals surface area contributed by atoms with Crippen LogP contribution in [-0.4, -0.2) is 63.2 Å². The zero-order valence-corrected chi connectivity index (χ0v) is 25.9. The van der Waals surface area contributed by atoms with Crippen LogP contribution in [0.2, 0.25) is 0 Å². The third-order valence-corrected chi connectivity index (χ3v) is 7.13. The third-order valence-electron chi connectivity index (χ3n) is 7.13. The smallest absolute Gasteiger partial charge is 0.410 e. The molecule has 0 bridgehead atoms. The van der Waals surface area contributed by atoms with E-state index in [0.29, 0.717) is 48.4 Å². The maximum Gasteiger partial charge on any atom is 0.410 e. The van der Waals surface area contributed by atoms with Gasteiger partial charge in [0.1, 0.15) is 17.2 Å². The SMILES string of the molecule is Cc1cc(N)nnc1[C@H]1CCN(C(=O)OC(C)(C)C)C[C@@H]1C.Cc1cc(N)nnc1[C@H]1CCNC[C@@H]1C.Cl.Cl. The van der Waals surface area contributed by atoms with E-state index in [-0.39, 0.29) is 30.9 Å². The Kier molecular flexibility index (Phi) is 13.1. The van der Waals surface area contributed by atoms with Crippen molar-refractivity contribution in [2.75, 3.05) is 37.6 Å². The van der Waals surface area contributed by atoms with E-state index in [4.69, 9.17) is 16.2 Å². The molecule has 4 atom stereocenters. The molecule has 39 heavy (non-hydrogen) atoms. The molecule has 2 aliphatic heterocycles. The molecule has 0 saturated carbocycles. The maximum atomic E-state index is 12.2. The summed E-state index contributed by atoms with van der Waals surface area (Å²) in [5, 5.41) is 19.8. The van der Waals surface area contributed by atoms with E-state index in [2.05, 4.69) is 46.5 Å². The molecule has 2 aliphatic rings. The lowest BCUT2D eigenvalue weighted by molar-refractivity contribution is 0.0153. The Morgan fingerprint density at radius 2 is 1.44 bits per heavy atom. The first-order valence-electron chi connectivity index (χ1n) is 13.2. The number of carbonyl (C=O) groups excluding carboxylic acids is 1. The number of aryl methyl sites for hydroxylation is 2. The van der Waals surface area contributed by atoms with Crippen LogP contribution in [0, 0.1) is 25.7 Å². The Morgan fingerprint density at radius 3 is 1.87 bits per heavy atom. The normalized spacial score (nSPS) is 22.9. The molecule has 4 heterocycles. The second kappa shape index (κ2) is 14.8. The molecule has 0 spiro atoms. The summed E-state index contributed by atoms with van der Waals surface area (Å²) in [5.74, 6) is 2.71. The van der Waals surface area contributed by atoms with Crippen LogP contribution in [0.15, 0.2) is 12.1 Å². The predicted molar refractivity (Wildman–Crippen MR) is 161 cm³/mol. The van der Waals surface area contributed by atoms with Crippen LogP contribution in [0.1, 0.15) is 81.8 Å². The number of piperidine rings is 2. The fraction of sp³-hybridized carbons (Fsp3) is 0.667. The number of halogens is 2. The number of anilines is 2. The van der Waals surface area contributed by atoms with Crippen LogP contribution >= 0.6 is 24.8 Å². The average Bonchev–Trinajstić information content (AvgIpc) is 2.80. The van der Waals surface area contributed by atoms with Gasteiger partial charge in [-0.15, -0.1) is 35.0 Å². The minimum atomic E-state index is -0.462. The van der Waals surface area contributed by atoms with Crippen molar-refractivity contribution >= 4 is 42.5 Å². The van der Waals surface area contributed by atoms with Gasteiger partial charge in [-0.2, -0.15) is 10.2 Å². The van der Waals surface area contributed by atoms with Gasteiger partial charge in [0.2, 0.25) is 0 Å². The fourth-order valence-electron chi connectivity index (χ4n) is 5.23. The first-order chi connectivity index (χ1) is 17.4. The fourth-order valence-corrected chi connectivity index (χ4v) is 5.23. The number of carbonyl (C=O) groups is 1. The van der Waals surface area contributed by atoms with Gasteiger partial charge in [0, 0.05) is 24.9 Å². The first kappa shape index (κ1) is 34.6. The minimum absolute atomic E-state index is 0. The van der Waals surface area contributed by atoms with Gasteiger partial charge in [-0.1, -0.05) is 13.8 Å². The standard InChI is InChI=1S/C16H26N4O2.C11H18N4.2ClH/c1-10-8-13(17)18-19-14(10)12-6-7-20(9-11(12)2)15(21)22-16(3,4)5;1-7-5-10(12)14-15-11(7)9-3-4-13-6-8(9)2;;/h8,11-12H,6-7,9H2,1-5H3,(H2,17,18);5,8-9,13H,3-4,6H2,1-2H3,(H2,12,14);2*1H/t11-,12-;8-,9-;;/m00../s1. The number of rotatable bonds is 2. The lowest BCUT2D eigenvalue weighted by Crippen LogP contribution is -2.44. The maximum absolute atomic E-state index is 12.2. The van der Waals surface area contributed by atoms with Crippen molar-refractivity contribution in [3.63, 3.8) is 0 Å². The number of hydrogen-bond acceptors (Lipinski definition) is 9. The summed E-state index contributed by atoms with van der Waals surface area (Å²) < 4.78 is 5.45. The summed E-state index contributed by atoms with van der Waals surface area (Å²) in [5.41, 5.74) is 15.2. The second-order valence-electron chi connectivity index (χ2n) is 11.6. The van der Waals surface area contributed by atoms with Crippen LogP contribution in [0.5, 0.6) is 0 Å². The van der Waals surface area contributed by atoms with Gasteiger partial charge in [0.05, 0.1) is 11.4 Å². The number of nitrogens with two attached hydrogens (primary N) is 2. The van der Waals surface area contributed by atoms with Gasteiger partial charge < -0.3 is 26.4 Å². The molecular weight excluding hydrogens is 539 g/mol. The van der Waals surface area contributed by atoms with Crippen molar-refractivity contribution in [1.82, 2.24) is 30.6 Å². The number of nitrogens with one attached hydrogen (secondary N) is 1. The van der Waals surface area contributed by atoms with Gasteiger partial charge in [-0.3, -0.25) is 0 Å². The monoisotopic (exact) mass is 584 g/mol. The molecule has 2 saturated heterocycles. The summed E-state index contributed by atoms with van der Waals surface area (Å²) >= 11 is 0. The molecule has 4 rings (SSSR count). The largest absolute Gasteiger partial charge is 0.444 e. The van der Waals surface area contributed by atoms with Crippen LogP contribution in [-0.2, 0) is 4.74 Å². The van der Waals surface area contributed by atoms with E-state index >= 15 is 0 Å². The van der Waals surface area contributed by atoms with E-state index in [9.17, 15) is 4.79 Å². The topological polar surface area (TPSA) is 145 Å². The summed E-state index contributed by atoms with van der Waals surface area (Å²) in [7, 11) is 0. The number of amides is 1.